The predicted octanol–water partition coefficient (Wildman–Crippen LogP) is 5.21. The average Bonchev–Trinajstić information content (AvgIpc) is 3.19. The maximum Gasteiger partial charge on any atom is 0.269 e. The molecule has 0 radical (unpaired) electrons. The largest absolute Gasteiger partial charge is 0.269 e. The van der Waals surface area contributed by atoms with Crippen molar-refractivity contribution in [1.82, 2.24) is 9.78 Å². The van der Waals surface area contributed by atoms with Gasteiger partial charge in [0, 0.05) is 22.2 Å². The lowest BCUT2D eigenvalue weighted by Crippen LogP contribution is -2.13. The van der Waals surface area contributed by atoms with E-state index in [1.165, 1.54) is 23.5 Å². The zero-order chi connectivity index (χ0) is 20.9. The number of hydrogen-bond acceptors (Lipinski definition) is 6. The summed E-state index contributed by atoms with van der Waals surface area (Å²) in [6.45, 7) is 0. The zero-order valence-corrected chi connectivity index (χ0v) is 17.8. The van der Waals surface area contributed by atoms with Gasteiger partial charge >= 0.3 is 0 Å². The first-order valence-corrected chi connectivity index (χ1v) is 10.4. The molecule has 148 valence electrons. The van der Waals surface area contributed by atoms with Gasteiger partial charge < -0.3 is 0 Å². The Morgan fingerprint density at radius 1 is 1.03 bits per heavy atom. The van der Waals surface area contributed by atoms with Crippen molar-refractivity contribution < 1.29 is 4.92 Å². The van der Waals surface area contributed by atoms with Crippen LogP contribution in [0.25, 0.3) is 16.3 Å². The molecule has 0 unspecified atom stereocenters. The van der Waals surface area contributed by atoms with Crippen molar-refractivity contribution in [2.24, 2.45) is 10.2 Å². The molecule has 0 aliphatic heterocycles. The summed E-state index contributed by atoms with van der Waals surface area (Å²) in [7, 11) is 0. The van der Waals surface area contributed by atoms with Crippen LogP contribution in [0.5, 0.6) is 0 Å². The third-order valence-corrected chi connectivity index (χ3v) is 5.53. The lowest BCUT2D eigenvalue weighted by Gasteiger charge is -2.00. The summed E-state index contributed by atoms with van der Waals surface area (Å²) >= 11 is 4.86. The molecule has 4 aromatic rings. The minimum absolute atomic E-state index is 0.0161. The van der Waals surface area contributed by atoms with Crippen molar-refractivity contribution in [3.63, 3.8) is 0 Å². The van der Waals surface area contributed by atoms with E-state index in [4.69, 9.17) is 0 Å². The molecule has 0 aliphatic carbocycles. The highest BCUT2D eigenvalue weighted by atomic mass is 79.9. The number of halogens is 1. The Kier molecular flexibility index (Phi) is 5.92. The second kappa shape index (κ2) is 8.93. The number of nitro groups is 1. The lowest BCUT2D eigenvalue weighted by atomic mass is 10.2. The van der Waals surface area contributed by atoms with E-state index in [-0.39, 0.29) is 5.69 Å². The molecular formula is C21H14BrN5O2S. The minimum Gasteiger partial charge on any atom is -0.258 e. The number of hydrogen-bond donors (Lipinski definition) is 0. The van der Waals surface area contributed by atoms with E-state index >= 15 is 0 Å². The summed E-state index contributed by atoms with van der Waals surface area (Å²) in [6, 6.07) is 23.6. The standard InChI is InChI=1S/C21H14BrN5O2S/c22-17-8-4-7-16(13-17)20-25-26(18-9-11-19(12-10-18)27(28)29)21(30-20)24-23-14-15-5-2-1-3-6-15/h1-14H/b23-14+,24-21+. The second-order valence-electron chi connectivity index (χ2n) is 6.14. The zero-order valence-electron chi connectivity index (χ0n) is 15.4. The van der Waals surface area contributed by atoms with Crippen LogP contribution in [-0.2, 0) is 0 Å². The molecular weight excluding hydrogens is 466 g/mol. The number of benzene rings is 3. The van der Waals surface area contributed by atoms with Crippen LogP contribution < -0.4 is 4.80 Å². The third kappa shape index (κ3) is 4.58. The van der Waals surface area contributed by atoms with E-state index in [1.807, 2.05) is 54.6 Å². The number of aromatic nitrogens is 2. The molecule has 0 amide bonds. The first-order valence-electron chi connectivity index (χ1n) is 8.83. The Bertz CT molecular complexity index is 1280. The molecule has 0 N–H and O–H groups in total. The van der Waals surface area contributed by atoms with Crippen LogP contribution in [0.4, 0.5) is 5.69 Å². The fraction of sp³-hybridized carbons (Fsp3) is 0. The fourth-order valence-electron chi connectivity index (χ4n) is 2.65. The van der Waals surface area contributed by atoms with Gasteiger partial charge in [-0.3, -0.25) is 10.1 Å². The van der Waals surface area contributed by atoms with Gasteiger partial charge in [-0.25, -0.2) is 4.68 Å². The maximum absolute atomic E-state index is 11.0. The van der Waals surface area contributed by atoms with Crippen molar-refractivity contribution in [1.29, 1.82) is 0 Å². The summed E-state index contributed by atoms with van der Waals surface area (Å²) < 4.78 is 2.57. The maximum atomic E-state index is 11.0. The Labute approximate surface area is 184 Å². The quantitative estimate of drug-likeness (QED) is 0.223. The van der Waals surface area contributed by atoms with Gasteiger partial charge in [0.05, 0.1) is 16.8 Å². The highest BCUT2D eigenvalue weighted by Gasteiger charge is 2.11. The molecule has 0 saturated heterocycles. The van der Waals surface area contributed by atoms with Crippen LogP contribution in [0.1, 0.15) is 5.56 Å². The molecule has 9 heteroatoms. The molecule has 1 aromatic heterocycles. The summed E-state index contributed by atoms with van der Waals surface area (Å²) in [5.41, 5.74) is 2.53. The lowest BCUT2D eigenvalue weighted by molar-refractivity contribution is -0.384. The molecule has 7 nitrogen and oxygen atoms in total. The van der Waals surface area contributed by atoms with Gasteiger partial charge in [0.25, 0.3) is 5.69 Å². The van der Waals surface area contributed by atoms with Crippen LogP contribution in [0, 0.1) is 10.1 Å². The normalized spacial score (nSPS) is 11.8. The number of nitro benzene ring substituents is 1. The Morgan fingerprint density at radius 3 is 2.50 bits per heavy atom. The van der Waals surface area contributed by atoms with Gasteiger partial charge in [0.2, 0.25) is 4.80 Å². The van der Waals surface area contributed by atoms with Crippen LogP contribution >= 0.6 is 27.3 Å². The smallest absolute Gasteiger partial charge is 0.258 e. The first-order chi connectivity index (χ1) is 14.6. The highest BCUT2D eigenvalue weighted by Crippen LogP contribution is 2.24. The molecule has 0 saturated carbocycles. The van der Waals surface area contributed by atoms with Crippen LogP contribution in [-0.4, -0.2) is 20.9 Å². The predicted molar refractivity (Wildman–Crippen MR) is 121 cm³/mol. The van der Waals surface area contributed by atoms with E-state index < -0.39 is 4.92 Å². The van der Waals surface area contributed by atoms with Crippen LogP contribution in [0.15, 0.2) is 93.5 Å². The second-order valence-corrected chi connectivity index (χ2v) is 8.01. The number of non-ortho nitro benzene ring substituents is 1. The fourth-order valence-corrected chi connectivity index (χ4v) is 3.91. The van der Waals surface area contributed by atoms with E-state index in [9.17, 15) is 10.1 Å². The molecule has 4 rings (SSSR count). The minimum atomic E-state index is -0.433. The molecule has 0 fully saturated rings. The van der Waals surface area contributed by atoms with Crippen molar-refractivity contribution in [2.75, 3.05) is 0 Å². The van der Waals surface area contributed by atoms with Crippen LogP contribution in [0.2, 0.25) is 0 Å². The molecule has 0 atom stereocenters. The number of rotatable bonds is 5. The van der Waals surface area contributed by atoms with Gasteiger partial charge in [0.15, 0.2) is 0 Å². The van der Waals surface area contributed by atoms with Crippen molar-refractivity contribution >= 4 is 39.2 Å². The van der Waals surface area contributed by atoms with E-state index in [0.29, 0.717) is 10.5 Å². The van der Waals surface area contributed by atoms with Gasteiger partial charge in [-0.1, -0.05) is 69.7 Å². The number of nitrogens with zero attached hydrogens (tertiary/aromatic N) is 5. The summed E-state index contributed by atoms with van der Waals surface area (Å²) in [5.74, 6) is 0. The molecule has 0 spiro atoms. The van der Waals surface area contributed by atoms with Crippen molar-refractivity contribution in [2.45, 2.75) is 0 Å². The average molecular weight is 480 g/mol. The topological polar surface area (TPSA) is 85.7 Å². The Hall–Kier alpha value is -3.43. The summed E-state index contributed by atoms with van der Waals surface area (Å²) in [4.78, 5) is 11.1. The first kappa shape index (κ1) is 19.9. The molecule has 1 heterocycles. The third-order valence-electron chi connectivity index (χ3n) is 4.09. The van der Waals surface area contributed by atoms with Gasteiger partial charge in [-0.15, -0.1) is 5.10 Å². The molecule has 3 aromatic carbocycles. The van der Waals surface area contributed by atoms with E-state index in [2.05, 4.69) is 31.2 Å². The summed E-state index contributed by atoms with van der Waals surface area (Å²) in [5, 5.41) is 24.9. The monoisotopic (exact) mass is 479 g/mol. The molecule has 0 aliphatic rings. The molecule has 30 heavy (non-hydrogen) atoms. The van der Waals surface area contributed by atoms with E-state index in [1.54, 1.807) is 23.0 Å². The van der Waals surface area contributed by atoms with Crippen molar-refractivity contribution in [3.8, 4) is 16.3 Å². The van der Waals surface area contributed by atoms with Crippen LogP contribution in [0.3, 0.4) is 0 Å². The van der Waals surface area contributed by atoms with Crippen molar-refractivity contribution in [3.05, 3.63) is 104 Å². The highest BCUT2D eigenvalue weighted by molar-refractivity contribution is 9.10. The SMILES string of the molecule is O=[N+]([O-])c1ccc(-n2nc(-c3cccc(Br)c3)s/c2=N/N=C/c2ccccc2)cc1. The van der Waals surface area contributed by atoms with Gasteiger partial charge in [-0.2, -0.15) is 10.2 Å². The van der Waals surface area contributed by atoms with Gasteiger partial charge in [0.1, 0.15) is 5.01 Å². The molecule has 0 bridgehead atoms. The Balaban J connectivity index is 1.79. The van der Waals surface area contributed by atoms with E-state index in [0.717, 1.165) is 20.6 Å². The Morgan fingerprint density at radius 2 is 1.80 bits per heavy atom. The summed E-state index contributed by atoms with van der Waals surface area (Å²) in [6.07, 6.45) is 1.67. The van der Waals surface area contributed by atoms with Gasteiger partial charge in [-0.05, 0) is 29.8 Å².